The van der Waals surface area contributed by atoms with Gasteiger partial charge in [0.15, 0.2) is 0 Å². The van der Waals surface area contributed by atoms with Crippen LogP contribution in [0.5, 0.6) is 0 Å². The van der Waals surface area contributed by atoms with Gasteiger partial charge in [0.2, 0.25) is 5.91 Å². The van der Waals surface area contributed by atoms with E-state index < -0.39 is 0 Å². The maximum Gasteiger partial charge on any atom is 0.244 e. The Labute approximate surface area is 149 Å². The molecule has 5 heteroatoms. The van der Waals surface area contributed by atoms with Gasteiger partial charge in [0.25, 0.3) is 0 Å². The van der Waals surface area contributed by atoms with Crippen LogP contribution in [0.2, 0.25) is 10.0 Å². The van der Waals surface area contributed by atoms with Crippen LogP contribution in [0.3, 0.4) is 0 Å². The molecule has 0 saturated heterocycles. The third-order valence-corrected chi connectivity index (χ3v) is 4.27. The molecule has 1 N–H and O–H groups in total. The molecule has 3 aromatic rings. The minimum absolute atomic E-state index is 0.203. The van der Waals surface area contributed by atoms with E-state index in [1.165, 1.54) is 6.21 Å². The van der Waals surface area contributed by atoms with Crippen LogP contribution in [-0.2, 0) is 11.2 Å². The van der Waals surface area contributed by atoms with Gasteiger partial charge in [0.1, 0.15) is 0 Å². The lowest BCUT2D eigenvalue weighted by molar-refractivity contribution is -0.120. The standard InChI is InChI=1S/C19H14Cl2N2O/c20-17-9-4-10-18(21)16(17)12-22-23-19(24)11-14-7-3-6-13-5-1-2-8-15(13)14/h1-10,12H,11H2,(H,23,24). The average Bonchev–Trinajstić information content (AvgIpc) is 2.58. The van der Waals surface area contributed by atoms with Crippen molar-refractivity contribution in [1.29, 1.82) is 0 Å². The Hall–Kier alpha value is -2.36. The molecule has 0 fully saturated rings. The van der Waals surface area contributed by atoms with E-state index in [0.717, 1.165) is 16.3 Å². The van der Waals surface area contributed by atoms with Crippen molar-refractivity contribution in [2.24, 2.45) is 5.10 Å². The van der Waals surface area contributed by atoms with Gasteiger partial charge in [-0.2, -0.15) is 5.10 Å². The van der Waals surface area contributed by atoms with Crippen LogP contribution < -0.4 is 5.43 Å². The van der Waals surface area contributed by atoms with E-state index >= 15 is 0 Å². The second-order valence-electron chi connectivity index (χ2n) is 5.24. The minimum Gasteiger partial charge on any atom is -0.273 e. The van der Waals surface area contributed by atoms with Crippen molar-refractivity contribution in [1.82, 2.24) is 5.43 Å². The first-order chi connectivity index (χ1) is 11.6. The molecule has 0 atom stereocenters. The maximum absolute atomic E-state index is 12.1. The highest BCUT2D eigenvalue weighted by atomic mass is 35.5. The van der Waals surface area contributed by atoms with Crippen molar-refractivity contribution in [3.63, 3.8) is 0 Å². The summed E-state index contributed by atoms with van der Waals surface area (Å²) in [6.45, 7) is 0. The molecule has 0 aliphatic heterocycles. The third-order valence-electron chi connectivity index (χ3n) is 3.61. The summed E-state index contributed by atoms with van der Waals surface area (Å²) >= 11 is 12.1. The number of nitrogens with one attached hydrogen (secondary N) is 1. The number of hydrogen-bond acceptors (Lipinski definition) is 2. The van der Waals surface area contributed by atoms with Gasteiger partial charge in [-0.15, -0.1) is 0 Å². The quantitative estimate of drug-likeness (QED) is 0.527. The molecule has 0 aliphatic carbocycles. The lowest BCUT2D eigenvalue weighted by Crippen LogP contribution is -2.20. The Morgan fingerprint density at radius 1 is 0.958 bits per heavy atom. The molecule has 0 spiro atoms. The normalized spacial score (nSPS) is 11.1. The number of hydrazone groups is 1. The number of amides is 1. The smallest absolute Gasteiger partial charge is 0.244 e. The predicted molar refractivity (Wildman–Crippen MR) is 99.9 cm³/mol. The van der Waals surface area contributed by atoms with E-state index in [1.54, 1.807) is 18.2 Å². The molecule has 0 bridgehead atoms. The first kappa shape index (κ1) is 16.5. The van der Waals surface area contributed by atoms with Crippen molar-refractivity contribution in [2.75, 3.05) is 0 Å². The molecule has 0 radical (unpaired) electrons. The van der Waals surface area contributed by atoms with Crippen LogP contribution in [0.1, 0.15) is 11.1 Å². The van der Waals surface area contributed by atoms with Gasteiger partial charge in [0.05, 0.1) is 22.7 Å². The number of nitrogens with zero attached hydrogens (tertiary/aromatic N) is 1. The number of fused-ring (bicyclic) bond motifs is 1. The molecule has 1 amide bonds. The molecule has 3 rings (SSSR count). The number of hydrogen-bond donors (Lipinski definition) is 1. The lowest BCUT2D eigenvalue weighted by Gasteiger charge is -2.05. The van der Waals surface area contributed by atoms with Crippen LogP contribution in [0.15, 0.2) is 65.8 Å². The monoisotopic (exact) mass is 356 g/mol. The summed E-state index contributed by atoms with van der Waals surface area (Å²) in [6.07, 6.45) is 1.70. The van der Waals surface area contributed by atoms with Gasteiger partial charge < -0.3 is 0 Å². The Balaban J connectivity index is 1.71. The van der Waals surface area contributed by atoms with Crippen LogP contribution >= 0.6 is 23.2 Å². The first-order valence-corrected chi connectivity index (χ1v) is 8.13. The van der Waals surface area contributed by atoms with Gasteiger partial charge >= 0.3 is 0 Å². The molecule has 0 aliphatic rings. The summed E-state index contributed by atoms with van der Waals surface area (Å²) in [5.74, 6) is -0.203. The van der Waals surface area contributed by atoms with Crippen LogP contribution in [0.25, 0.3) is 10.8 Å². The largest absolute Gasteiger partial charge is 0.273 e. The van der Waals surface area contributed by atoms with Crippen molar-refractivity contribution in [3.8, 4) is 0 Å². The van der Waals surface area contributed by atoms with Gasteiger partial charge in [-0.3, -0.25) is 4.79 Å². The Morgan fingerprint density at radius 3 is 2.42 bits per heavy atom. The topological polar surface area (TPSA) is 41.5 Å². The van der Waals surface area contributed by atoms with E-state index in [2.05, 4.69) is 10.5 Å². The Bertz CT molecular complexity index is 897. The molecule has 3 nitrogen and oxygen atoms in total. The summed E-state index contributed by atoms with van der Waals surface area (Å²) < 4.78 is 0. The van der Waals surface area contributed by atoms with Crippen LogP contribution in [-0.4, -0.2) is 12.1 Å². The van der Waals surface area contributed by atoms with E-state index in [0.29, 0.717) is 15.6 Å². The van der Waals surface area contributed by atoms with Gasteiger partial charge in [-0.1, -0.05) is 71.7 Å². The Morgan fingerprint density at radius 2 is 1.62 bits per heavy atom. The zero-order valence-electron chi connectivity index (χ0n) is 12.7. The number of rotatable bonds is 4. The lowest BCUT2D eigenvalue weighted by atomic mass is 10.0. The van der Waals surface area contributed by atoms with Crippen LogP contribution in [0, 0.1) is 0 Å². The predicted octanol–water partition coefficient (Wildman–Crippen LogP) is 4.84. The average molecular weight is 357 g/mol. The molecular weight excluding hydrogens is 343 g/mol. The highest BCUT2D eigenvalue weighted by Gasteiger charge is 2.06. The van der Waals surface area contributed by atoms with Crippen LogP contribution in [0.4, 0.5) is 0 Å². The van der Waals surface area contributed by atoms with Crippen molar-refractivity contribution in [3.05, 3.63) is 81.8 Å². The SMILES string of the molecule is O=C(Cc1cccc2ccccc12)NN=Cc1c(Cl)cccc1Cl. The highest BCUT2D eigenvalue weighted by Crippen LogP contribution is 2.22. The van der Waals surface area contributed by atoms with Gasteiger partial charge in [-0.05, 0) is 28.5 Å². The summed E-state index contributed by atoms with van der Waals surface area (Å²) in [7, 11) is 0. The summed E-state index contributed by atoms with van der Waals surface area (Å²) in [5, 5.41) is 7.08. The fourth-order valence-electron chi connectivity index (χ4n) is 2.46. The maximum atomic E-state index is 12.1. The van der Waals surface area contributed by atoms with E-state index in [-0.39, 0.29) is 12.3 Å². The minimum atomic E-state index is -0.203. The molecule has 0 unspecified atom stereocenters. The van der Waals surface area contributed by atoms with E-state index in [1.807, 2.05) is 42.5 Å². The highest BCUT2D eigenvalue weighted by molar-refractivity contribution is 6.38. The molecule has 0 saturated carbocycles. The summed E-state index contributed by atoms with van der Waals surface area (Å²) in [6, 6.07) is 19.0. The Kier molecular flexibility index (Phi) is 5.14. The second kappa shape index (κ2) is 7.47. The fraction of sp³-hybridized carbons (Fsp3) is 0.0526. The number of halogens is 2. The molecular formula is C19H14Cl2N2O. The molecule has 120 valence electrons. The molecule has 0 aromatic heterocycles. The summed E-state index contributed by atoms with van der Waals surface area (Å²) in [4.78, 5) is 12.1. The second-order valence-corrected chi connectivity index (χ2v) is 6.06. The van der Waals surface area contributed by atoms with E-state index in [9.17, 15) is 4.79 Å². The molecule has 3 aromatic carbocycles. The molecule has 24 heavy (non-hydrogen) atoms. The van der Waals surface area contributed by atoms with E-state index in [4.69, 9.17) is 23.2 Å². The van der Waals surface area contributed by atoms with Crippen molar-refractivity contribution < 1.29 is 4.79 Å². The number of carbonyl (C=O) groups excluding carboxylic acids is 1. The summed E-state index contributed by atoms with van der Waals surface area (Å²) in [5.41, 5.74) is 4.04. The number of benzene rings is 3. The molecule has 0 heterocycles. The number of carbonyl (C=O) groups is 1. The third kappa shape index (κ3) is 3.75. The zero-order chi connectivity index (χ0) is 16.9. The zero-order valence-corrected chi connectivity index (χ0v) is 14.2. The van der Waals surface area contributed by atoms with Gasteiger partial charge in [-0.25, -0.2) is 5.43 Å². The van der Waals surface area contributed by atoms with Gasteiger partial charge in [0, 0.05) is 5.56 Å². The first-order valence-electron chi connectivity index (χ1n) is 7.38. The van der Waals surface area contributed by atoms with Crippen molar-refractivity contribution in [2.45, 2.75) is 6.42 Å². The fourth-order valence-corrected chi connectivity index (χ4v) is 2.96. The van der Waals surface area contributed by atoms with Crippen molar-refractivity contribution >= 4 is 46.1 Å².